The Morgan fingerprint density at radius 3 is 1.70 bits per heavy atom. The van der Waals surface area contributed by atoms with E-state index in [1.807, 2.05) is 12.1 Å². The molecule has 2 aliphatic carbocycles. The minimum Gasteiger partial charge on any atom is -0.362 e. The molecule has 1 N–H and O–H groups in total. The second-order valence-corrected chi connectivity index (χ2v) is 6.51. The maximum atomic E-state index is 13.0. The quantitative estimate of drug-likeness (QED) is 0.529. The van der Waals surface area contributed by atoms with Crippen molar-refractivity contribution < 1.29 is 14.4 Å². The van der Waals surface area contributed by atoms with Gasteiger partial charge >= 0.3 is 0 Å². The van der Waals surface area contributed by atoms with Gasteiger partial charge in [0.05, 0.1) is 5.57 Å². The Labute approximate surface area is 154 Å². The number of nitrogens with one attached hydrogen (secondary N) is 1. The molecular formula is C23H13NO3. The van der Waals surface area contributed by atoms with Gasteiger partial charge in [-0.3, -0.25) is 14.4 Å². The third kappa shape index (κ3) is 2.13. The lowest BCUT2D eigenvalue weighted by Crippen LogP contribution is -2.06. The summed E-state index contributed by atoms with van der Waals surface area (Å²) in [4.78, 5) is 42.1. The zero-order valence-corrected chi connectivity index (χ0v) is 14.2. The molecule has 0 atom stereocenters. The summed E-state index contributed by atoms with van der Waals surface area (Å²) in [5.41, 5.74) is 3.52. The second-order valence-electron chi connectivity index (χ2n) is 6.51. The van der Waals surface area contributed by atoms with E-state index in [1.54, 1.807) is 60.8 Å². The Bertz CT molecular complexity index is 1170. The van der Waals surface area contributed by atoms with Crippen molar-refractivity contribution in [3.05, 3.63) is 106 Å². The Kier molecular flexibility index (Phi) is 3.21. The van der Waals surface area contributed by atoms with Gasteiger partial charge in [-0.15, -0.1) is 0 Å². The maximum Gasteiger partial charge on any atom is 0.198 e. The lowest BCUT2D eigenvalue weighted by atomic mass is 9.95. The van der Waals surface area contributed by atoms with E-state index in [9.17, 15) is 14.4 Å². The molecule has 0 bridgehead atoms. The highest BCUT2D eigenvalue weighted by molar-refractivity contribution is 6.46. The molecule has 0 spiro atoms. The molecule has 128 valence electrons. The standard InChI is InChI=1S/C23H13NO3/c25-21-15-8-2-1-7-14(15)19(18(21)12-13-6-5-11-24-13)20-22(26)16-9-3-4-10-17(16)23(20)27/h1-12,24H/b18-12-. The van der Waals surface area contributed by atoms with Gasteiger partial charge in [-0.05, 0) is 23.8 Å². The van der Waals surface area contributed by atoms with E-state index in [-0.39, 0.29) is 22.9 Å². The largest absolute Gasteiger partial charge is 0.362 e. The number of Topliss-reactive ketones (excluding diaryl/α,β-unsaturated/α-hetero) is 3. The van der Waals surface area contributed by atoms with Crippen LogP contribution in [0.2, 0.25) is 0 Å². The van der Waals surface area contributed by atoms with Crippen LogP contribution in [0.1, 0.15) is 42.3 Å². The van der Waals surface area contributed by atoms with Crippen LogP contribution in [0.4, 0.5) is 0 Å². The molecule has 2 aromatic carbocycles. The number of hydrogen-bond donors (Lipinski definition) is 1. The van der Waals surface area contributed by atoms with Crippen molar-refractivity contribution in [1.29, 1.82) is 0 Å². The van der Waals surface area contributed by atoms with Crippen LogP contribution in [0.5, 0.6) is 0 Å². The normalized spacial score (nSPS) is 17.0. The molecule has 27 heavy (non-hydrogen) atoms. The fourth-order valence-electron chi connectivity index (χ4n) is 3.78. The van der Waals surface area contributed by atoms with Gasteiger partial charge in [0.15, 0.2) is 17.3 Å². The van der Waals surface area contributed by atoms with Crippen LogP contribution in [-0.4, -0.2) is 22.3 Å². The van der Waals surface area contributed by atoms with E-state index in [0.29, 0.717) is 33.4 Å². The van der Waals surface area contributed by atoms with E-state index in [1.165, 1.54) is 0 Å². The van der Waals surface area contributed by atoms with Gasteiger partial charge in [-0.2, -0.15) is 0 Å². The minimum absolute atomic E-state index is 0.0762. The Morgan fingerprint density at radius 2 is 1.15 bits per heavy atom. The molecule has 4 heteroatoms. The Balaban J connectivity index is 1.83. The number of aromatic amines is 1. The van der Waals surface area contributed by atoms with Crippen LogP contribution in [0, 0.1) is 0 Å². The van der Waals surface area contributed by atoms with Gasteiger partial charge in [-0.25, -0.2) is 0 Å². The smallest absolute Gasteiger partial charge is 0.198 e. The monoisotopic (exact) mass is 351 g/mol. The van der Waals surface area contributed by atoms with E-state index < -0.39 is 0 Å². The average Bonchev–Trinajstić information content (AvgIpc) is 3.36. The predicted molar refractivity (Wildman–Crippen MR) is 102 cm³/mol. The molecule has 4 nitrogen and oxygen atoms in total. The number of fused-ring (bicyclic) bond motifs is 2. The summed E-state index contributed by atoms with van der Waals surface area (Å²) in [5.74, 6) is -0.834. The topological polar surface area (TPSA) is 67.0 Å². The van der Waals surface area contributed by atoms with E-state index in [0.717, 1.165) is 5.69 Å². The number of ketones is 3. The van der Waals surface area contributed by atoms with Crippen LogP contribution in [0.25, 0.3) is 11.6 Å². The Hall–Kier alpha value is -3.79. The molecular weight excluding hydrogens is 338 g/mol. The van der Waals surface area contributed by atoms with Crippen molar-refractivity contribution in [3.8, 4) is 0 Å². The van der Waals surface area contributed by atoms with Crippen molar-refractivity contribution in [2.24, 2.45) is 0 Å². The molecule has 1 heterocycles. The summed E-state index contributed by atoms with van der Waals surface area (Å²) in [6, 6.07) is 17.5. The van der Waals surface area contributed by atoms with Crippen molar-refractivity contribution in [2.45, 2.75) is 0 Å². The molecule has 5 rings (SSSR count). The Morgan fingerprint density at radius 1 is 0.593 bits per heavy atom. The zero-order chi connectivity index (χ0) is 18.5. The van der Waals surface area contributed by atoms with Crippen LogP contribution in [0.3, 0.4) is 0 Å². The van der Waals surface area contributed by atoms with Gasteiger partial charge in [-0.1, -0.05) is 48.5 Å². The van der Waals surface area contributed by atoms with E-state index in [4.69, 9.17) is 0 Å². The molecule has 3 aromatic rings. The SMILES string of the molecule is O=C1C(=C2/C(=C/c3ccc[nH]3)C(=O)c3ccccc32)C(=O)c2ccccc21. The maximum absolute atomic E-state index is 13.0. The second kappa shape index (κ2) is 5.61. The molecule has 0 amide bonds. The van der Waals surface area contributed by atoms with Crippen molar-refractivity contribution >= 4 is 29.0 Å². The van der Waals surface area contributed by atoms with Crippen LogP contribution in [0.15, 0.2) is 78.0 Å². The van der Waals surface area contributed by atoms with E-state index in [2.05, 4.69) is 4.98 Å². The highest BCUT2D eigenvalue weighted by Crippen LogP contribution is 2.43. The third-order valence-corrected chi connectivity index (χ3v) is 5.00. The lowest BCUT2D eigenvalue weighted by molar-refractivity contribution is 0.0989. The van der Waals surface area contributed by atoms with Crippen molar-refractivity contribution in [1.82, 2.24) is 4.98 Å². The number of H-pyrrole nitrogens is 1. The molecule has 2 aliphatic rings. The van der Waals surface area contributed by atoms with Gasteiger partial charge < -0.3 is 4.98 Å². The van der Waals surface area contributed by atoms with E-state index >= 15 is 0 Å². The number of benzene rings is 2. The minimum atomic E-state index is -0.326. The van der Waals surface area contributed by atoms with Gasteiger partial charge in [0.25, 0.3) is 0 Å². The highest BCUT2D eigenvalue weighted by atomic mass is 16.2. The summed E-state index contributed by atoms with van der Waals surface area (Å²) in [6.45, 7) is 0. The molecule has 1 aromatic heterocycles. The summed E-state index contributed by atoms with van der Waals surface area (Å²) in [5, 5.41) is 0. The molecule has 0 aliphatic heterocycles. The number of hydrogen-bond acceptors (Lipinski definition) is 3. The number of allylic oxidation sites excluding steroid dienone is 3. The first-order valence-corrected chi connectivity index (χ1v) is 8.59. The summed E-state index contributed by atoms with van der Waals surface area (Å²) in [7, 11) is 0. The molecule has 0 radical (unpaired) electrons. The summed E-state index contributed by atoms with van der Waals surface area (Å²) >= 11 is 0. The lowest BCUT2D eigenvalue weighted by Gasteiger charge is -2.05. The third-order valence-electron chi connectivity index (χ3n) is 5.00. The van der Waals surface area contributed by atoms with Crippen LogP contribution >= 0.6 is 0 Å². The van der Waals surface area contributed by atoms with Gasteiger partial charge in [0.1, 0.15) is 0 Å². The fraction of sp³-hybridized carbons (Fsp3) is 0. The molecule has 0 fully saturated rings. The van der Waals surface area contributed by atoms with Crippen molar-refractivity contribution in [3.63, 3.8) is 0 Å². The summed E-state index contributed by atoms with van der Waals surface area (Å²) < 4.78 is 0. The highest BCUT2D eigenvalue weighted by Gasteiger charge is 2.41. The summed E-state index contributed by atoms with van der Waals surface area (Å²) in [6.07, 6.45) is 3.46. The first-order chi connectivity index (χ1) is 13.2. The van der Waals surface area contributed by atoms with Crippen LogP contribution < -0.4 is 0 Å². The van der Waals surface area contributed by atoms with Gasteiger partial charge in [0.2, 0.25) is 0 Å². The first kappa shape index (κ1) is 15.5. The average molecular weight is 351 g/mol. The van der Waals surface area contributed by atoms with Crippen LogP contribution in [-0.2, 0) is 0 Å². The predicted octanol–water partition coefficient (Wildman–Crippen LogP) is 4.13. The number of rotatable bonds is 1. The number of carbonyl (C=O) groups is 3. The number of aromatic nitrogens is 1. The molecule has 0 saturated carbocycles. The zero-order valence-electron chi connectivity index (χ0n) is 14.2. The molecule has 0 unspecified atom stereocenters. The fourth-order valence-corrected chi connectivity index (χ4v) is 3.78. The van der Waals surface area contributed by atoms with Crippen molar-refractivity contribution in [2.75, 3.05) is 0 Å². The van der Waals surface area contributed by atoms with Gasteiger partial charge in [0, 0.05) is 39.7 Å². The first-order valence-electron chi connectivity index (χ1n) is 8.59. The molecule has 0 saturated heterocycles. The number of carbonyl (C=O) groups excluding carboxylic acids is 3.